The van der Waals surface area contributed by atoms with E-state index in [-0.39, 0.29) is 17.3 Å². The molecule has 3 N–H and O–H groups in total. The minimum absolute atomic E-state index is 0.00306. The van der Waals surface area contributed by atoms with E-state index in [1.165, 1.54) is 14.0 Å². The van der Waals surface area contributed by atoms with Crippen molar-refractivity contribution in [3.8, 4) is 5.75 Å². The molecule has 0 fully saturated rings. The zero-order valence-electron chi connectivity index (χ0n) is 11.4. The zero-order chi connectivity index (χ0) is 15.2. The van der Waals surface area contributed by atoms with Crippen LogP contribution in [0.3, 0.4) is 0 Å². The van der Waals surface area contributed by atoms with Gasteiger partial charge in [0, 0.05) is 6.92 Å². The molecule has 0 unspecified atom stereocenters. The number of anilines is 1. The van der Waals surface area contributed by atoms with Crippen LogP contribution in [-0.4, -0.2) is 29.2 Å². The Hall–Kier alpha value is -3.10. The number of benzene rings is 1. The van der Waals surface area contributed by atoms with Gasteiger partial charge in [-0.25, -0.2) is 9.62 Å². The number of hydroxylamine groups is 1. The Labute approximate surface area is 119 Å². The molecule has 0 amide bonds. The van der Waals surface area contributed by atoms with Crippen LogP contribution in [0.4, 0.5) is 11.5 Å². The molecule has 0 saturated heterocycles. The first-order valence-electron chi connectivity index (χ1n) is 5.85. The Morgan fingerprint density at radius 1 is 1.38 bits per heavy atom. The third-order valence-electron chi connectivity index (χ3n) is 2.35. The van der Waals surface area contributed by atoms with Gasteiger partial charge in [0.1, 0.15) is 11.4 Å². The van der Waals surface area contributed by atoms with Gasteiger partial charge in [-0.2, -0.15) is 5.48 Å². The highest BCUT2D eigenvalue weighted by molar-refractivity contribution is 6.01. The Morgan fingerprint density at radius 3 is 2.76 bits per heavy atom. The molecule has 2 rings (SSSR count). The molecule has 0 spiro atoms. The number of methoxy groups -OCH3 is 1. The maximum absolute atomic E-state index is 10.9. The highest BCUT2D eigenvalue weighted by Gasteiger charge is 2.16. The number of carbonyl (C=O) groups is 1. The van der Waals surface area contributed by atoms with Crippen LogP contribution < -0.4 is 16.0 Å². The van der Waals surface area contributed by atoms with Gasteiger partial charge in [-0.3, -0.25) is 4.79 Å². The van der Waals surface area contributed by atoms with Crippen LogP contribution in [0, 0.1) is 0 Å². The summed E-state index contributed by atoms with van der Waals surface area (Å²) in [4.78, 5) is 19.9. The van der Waals surface area contributed by atoms with E-state index in [1.54, 1.807) is 24.3 Å². The molecule has 0 atom stereocenters. The van der Waals surface area contributed by atoms with Crippen molar-refractivity contribution < 1.29 is 19.0 Å². The maximum atomic E-state index is 10.9. The third-order valence-corrected chi connectivity index (χ3v) is 2.35. The Balaban J connectivity index is 2.41. The fourth-order valence-corrected chi connectivity index (χ4v) is 1.45. The van der Waals surface area contributed by atoms with Crippen molar-refractivity contribution in [2.75, 3.05) is 12.8 Å². The molecule has 0 aliphatic carbocycles. The summed E-state index contributed by atoms with van der Waals surface area (Å²) in [6.07, 6.45) is 0. The lowest BCUT2D eigenvalue weighted by Gasteiger charge is -2.08. The second-order valence-electron chi connectivity index (χ2n) is 3.83. The molecule has 110 valence electrons. The van der Waals surface area contributed by atoms with Crippen LogP contribution >= 0.6 is 0 Å². The summed E-state index contributed by atoms with van der Waals surface area (Å²) in [5.41, 5.74) is 8.57. The number of para-hydroxylation sites is 2. The topological polar surface area (TPSA) is 125 Å². The molecule has 9 nitrogen and oxygen atoms in total. The number of aliphatic imine (C=N–C) groups is 1. The van der Waals surface area contributed by atoms with E-state index in [0.29, 0.717) is 11.4 Å². The van der Waals surface area contributed by atoms with Crippen LogP contribution in [0.5, 0.6) is 5.75 Å². The van der Waals surface area contributed by atoms with E-state index in [1.807, 2.05) is 0 Å². The van der Waals surface area contributed by atoms with Gasteiger partial charge in [0.15, 0.2) is 17.3 Å². The van der Waals surface area contributed by atoms with Crippen molar-refractivity contribution in [1.82, 2.24) is 15.8 Å². The summed E-state index contributed by atoms with van der Waals surface area (Å²) in [5, 5.41) is 7.06. The lowest BCUT2D eigenvalue weighted by molar-refractivity contribution is -0.145. The molecular weight excluding hydrogens is 278 g/mol. The van der Waals surface area contributed by atoms with Crippen molar-refractivity contribution in [3.63, 3.8) is 0 Å². The van der Waals surface area contributed by atoms with Crippen molar-refractivity contribution >= 4 is 23.3 Å². The third kappa shape index (κ3) is 3.47. The quantitative estimate of drug-likeness (QED) is 0.483. The van der Waals surface area contributed by atoms with E-state index in [2.05, 4.69) is 25.4 Å². The van der Waals surface area contributed by atoms with Gasteiger partial charge in [0.25, 0.3) is 0 Å². The Kier molecular flexibility index (Phi) is 4.34. The molecule has 0 saturated carbocycles. The number of amidine groups is 1. The number of rotatable bonds is 3. The normalized spacial score (nSPS) is 11.0. The highest BCUT2D eigenvalue weighted by Crippen LogP contribution is 2.27. The molecule has 1 aromatic carbocycles. The van der Waals surface area contributed by atoms with Gasteiger partial charge in [-0.1, -0.05) is 12.1 Å². The van der Waals surface area contributed by atoms with E-state index < -0.39 is 5.97 Å². The first kappa shape index (κ1) is 14.3. The smallest absolute Gasteiger partial charge is 0.329 e. The van der Waals surface area contributed by atoms with Crippen molar-refractivity contribution in [2.45, 2.75) is 6.92 Å². The predicted molar refractivity (Wildman–Crippen MR) is 72.8 cm³/mol. The monoisotopic (exact) mass is 291 g/mol. The summed E-state index contributed by atoms with van der Waals surface area (Å²) in [6.45, 7) is 1.23. The number of carbonyl (C=O) groups excluding carboxylic acids is 1. The van der Waals surface area contributed by atoms with Crippen LogP contribution in [-0.2, 0) is 9.63 Å². The average molecular weight is 291 g/mol. The van der Waals surface area contributed by atoms with Crippen molar-refractivity contribution in [1.29, 1.82) is 0 Å². The summed E-state index contributed by atoms with van der Waals surface area (Å²) in [7, 11) is 1.51. The predicted octanol–water partition coefficient (Wildman–Crippen LogP) is 0.806. The number of ether oxygens (including phenoxy) is 1. The largest absolute Gasteiger partial charge is 0.494 e. The number of nitrogen functional groups attached to an aromatic ring is 1. The summed E-state index contributed by atoms with van der Waals surface area (Å²) >= 11 is 0. The van der Waals surface area contributed by atoms with E-state index in [0.717, 1.165) is 0 Å². The number of hydrogen-bond donors (Lipinski definition) is 2. The molecule has 2 aromatic rings. The number of hydrogen-bond acceptors (Lipinski definition) is 8. The van der Waals surface area contributed by atoms with Gasteiger partial charge in [-0.05, 0) is 22.4 Å². The minimum atomic E-state index is -0.558. The van der Waals surface area contributed by atoms with Crippen LogP contribution in [0.15, 0.2) is 33.9 Å². The number of aromatic nitrogens is 2. The van der Waals surface area contributed by atoms with Gasteiger partial charge >= 0.3 is 5.97 Å². The van der Waals surface area contributed by atoms with E-state index >= 15 is 0 Å². The Morgan fingerprint density at radius 2 is 2.14 bits per heavy atom. The van der Waals surface area contributed by atoms with Crippen LogP contribution in [0.2, 0.25) is 0 Å². The molecule has 1 heterocycles. The minimum Gasteiger partial charge on any atom is -0.494 e. The molecule has 9 heteroatoms. The molecule has 0 radical (unpaired) electrons. The SMILES string of the molecule is COc1ccccc1N=C(NOC(C)=O)c1nonc1N. The number of nitrogens with two attached hydrogens (primary N) is 1. The molecule has 0 bridgehead atoms. The lowest BCUT2D eigenvalue weighted by atomic mass is 10.3. The average Bonchev–Trinajstić information content (AvgIpc) is 2.89. The van der Waals surface area contributed by atoms with Crippen molar-refractivity contribution in [2.24, 2.45) is 4.99 Å². The van der Waals surface area contributed by atoms with E-state index in [9.17, 15) is 4.79 Å². The molecule has 0 aliphatic rings. The second-order valence-corrected chi connectivity index (χ2v) is 3.83. The number of nitrogens with one attached hydrogen (secondary N) is 1. The highest BCUT2D eigenvalue weighted by atomic mass is 16.7. The van der Waals surface area contributed by atoms with Gasteiger partial charge in [0.2, 0.25) is 0 Å². The molecular formula is C12H13N5O4. The van der Waals surface area contributed by atoms with Crippen molar-refractivity contribution in [3.05, 3.63) is 30.0 Å². The van der Waals surface area contributed by atoms with Gasteiger partial charge < -0.3 is 15.3 Å². The summed E-state index contributed by atoms with van der Waals surface area (Å²) in [5.74, 6) is 0.0316. The van der Waals surface area contributed by atoms with E-state index in [4.69, 9.17) is 15.3 Å². The molecule has 0 aliphatic heterocycles. The summed E-state index contributed by atoms with van der Waals surface area (Å²) in [6, 6.07) is 7.00. The van der Waals surface area contributed by atoms with Crippen LogP contribution in [0.1, 0.15) is 12.6 Å². The first-order valence-corrected chi connectivity index (χ1v) is 5.85. The summed E-state index contributed by atoms with van der Waals surface area (Å²) < 4.78 is 9.70. The fourth-order valence-electron chi connectivity index (χ4n) is 1.45. The maximum Gasteiger partial charge on any atom is 0.329 e. The van der Waals surface area contributed by atoms with Gasteiger partial charge in [0.05, 0.1) is 7.11 Å². The standard InChI is InChI=1S/C12H13N5O4/c1-7(18)20-17-12(10-11(13)16-21-15-10)14-8-5-3-4-6-9(8)19-2/h3-6H,1-2H3,(H2,13,16)(H,14,17). The van der Waals surface area contributed by atoms with Gasteiger partial charge in [-0.15, -0.1) is 0 Å². The Bertz CT molecular complexity index is 667. The number of nitrogens with zero attached hydrogens (tertiary/aromatic N) is 3. The second kappa shape index (κ2) is 6.37. The van der Waals surface area contributed by atoms with Crippen LogP contribution in [0.25, 0.3) is 0 Å². The first-order chi connectivity index (χ1) is 10.1. The molecule has 21 heavy (non-hydrogen) atoms. The lowest BCUT2D eigenvalue weighted by Crippen LogP contribution is -2.27. The molecule has 1 aromatic heterocycles. The fraction of sp³-hybridized carbons (Fsp3) is 0.167. The zero-order valence-corrected chi connectivity index (χ0v) is 11.4.